The van der Waals surface area contributed by atoms with Crippen LogP contribution in [0.15, 0.2) is 0 Å². The summed E-state index contributed by atoms with van der Waals surface area (Å²) in [6.45, 7) is 4.34. The van der Waals surface area contributed by atoms with Gasteiger partial charge in [-0.2, -0.15) is 0 Å². The summed E-state index contributed by atoms with van der Waals surface area (Å²) in [5.41, 5.74) is 0. The largest absolute Gasteiger partial charge is 0.411 e. The van der Waals surface area contributed by atoms with Gasteiger partial charge in [-0.15, -0.1) is 0 Å². The molecule has 2 rings (SSSR count). The molecule has 0 bridgehead atoms. The first kappa shape index (κ1) is 19.8. The van der Waals surface area contributed by atoms with Crippen LogP contribution in [0.25, 0.3) is 0 Å². The van der Waals surface area contributed by atoms with Gasteiger partial charge in [-0.3, -0.25) is 0 Å². The fourth-order valence-electron chi connectivity index (χ4n) is 2.15. The second-order valence-corrected chi connectivity index (χ2v) is 6.69. The van der Waals surface area contributed by atoms with E-state index in [0.717, 1.165) is 26.2 Å². The summed E-state index contributed by atoms with van der Waals surface area (Å²) < 4.78 is 1.30. The molecule has 7 heteroatoms. The van der Waals surface area contributed by atoms with E-state index >= 15 is 0 Å². The van der Waals surface area contributed by atoms with Gasteiger partial charge in [-0.05, 0) is 38.5 Å². The van der Waals surface area contributed by atoms with Crippen LogP contribution >= 0.6 is 24.4 Å². The topological polar surface area (TPSA) is 6.48 Å². The average Bonchev–Trinajstić information content (AvgIpc) is 2.41. The molecule has 0 aromatic carbocycles. The predicted octanol–water partition coefficient (Wildman–Crippen LogP) is 2.61. The van der Waals surface area contributed by atoms with Gasteiger partial charge in [0.1, 0.15) is 0 Å². The van der Waals surface area contributed by atoms with Gasteiger partial charge in [0.05, 0.1) is 0 Å². The second kappa shape index (κ2) is 11.5. The fourth-order valence-corrected chi connectivity index (χ4v) is 2.88. The predicted molar refractivity (Wildman–Crippen MR) is 90.8 cm³/mol. The Morgan fingerprint density at radius 1 is 0.632 bits per heavy atom. The molecule has 0 atom stereocenters. The third kappa shape index (κ3) is 8.66. The van der Waals surface area contributed by atoms with Crippen molar-refractivity contribution in [3.63, 3.8) is 0 Å². The van der Waals surface area contributed by atoms with E-state index in [1.165, 1.54) is 38.5 Å². The number of thiocarbonyl (C=S) groups is 2. The van der Waals surface area contributed by atoms with Gasteiger partial charge >= 0.3 is 0 Å². The molecule has 2 nitrogen and oxygen atoms in total. The quantitative estimate of drug-likeness (QED) is 0.356. The number of hydrogen-bond donors (Lipinski definition) is 0. The standard InChI is InChI=1S/2C6H11NS2.Zn/c2*8-6(9)7-4-2-1-3-5-7;/h2*1-5H2,(H,8,9);/p-2. The molecular formula is C12H20N2S4Zn-2. The monoisotopic (exact) mass is 384 g/mol. The van der Waals surface area contributed by atoms with Crippen molar-refractivity contribution in [1.82, 2.24) is 9.80 Å². The van der Waals surface area contributed by atoms with E-state index in [1.54, 1.807) is 0 Å². The molecule has 0 unspecified atom stereocenters. The minimum absolute atomic E-state index is 0. The molecule has 0 radical (unpaired) electrons. The first-order chi connectivity index (χ1) is 8.61. The number of nitrogens with zero attached hydrogens (tertiary/aromatic N) is 2. The van der Waals surface area contributed by atoms with Crippen LogP contribution in [0.5, 0.6) is 0 Å². The minimum Gasteiger partial charge on any atom is -0.411 e. The molecule has 2 aliphatic heterocycles. The first-order valence-electron chi connectivity index (χ1n) is 6.53. The Morgan fingerprint density at radius 2 is 0.895 bits per heavy atom. The van der Waals surface area contributed by atoms with Gasteiger partial charge in [-0.1, -0.05) is 8.64 Å². The summed E-state index contributed by atoms with van der Waals surface area (Å²) in [5.74, 6) is 0. The smallest absolute Gasteiger partial charge is 0.0162 e. The van der Waals surface area contributed by atoms with Crippen molar-refractivity contribution in [2.24, 2.45) is 0 Å². The van der Waals surface area contributed by atoms with Crippen LogP contribution in [0.2, 0.25) is 0 Å². The summed E-state index contributed by atoms with van der Waals surface area (Å²) >= 11 is 19.4. The third-order valence-corrected chi connectivity index (χ3v) is 4.26. The SMILES string of the molecule is S=C([S-])N1CCCCC1.S=C([S-])N1CCCCC1.[Zn]. The Bertz CT molecular complexity index is 249. The van der Waals surface area contributed by atoms with Crippen LogP contribution in [-0.2, 0) is 44.7 Å². The molecule has 106 valence electrons. The molecule has 0 aliphatic carbocycles. The van der Waals surface area contributed by atoms with Crippen LogP contribution in [0, 0.1) is 0 Å². The van der Waals surface area contributed by atoms with E-state index in [4.69, 9.17) is 49.7 Å². The van der Waals surface area contributed by atoms with Crippen molar-refractivity contribution >= 4 is 58.3 Å². The van der Waals surface area contributed by atoms with Crippen molar-refractivity contribution in [2.45, 2.75) is 38.5 Å². The first-order valence-corrected chi connectivity index (χ1v) is 8.16. The molecule has 0 spiro atoms. The van der Waals surface area contributed by atoms with E-state index in [-0.39, 0.29) is 19.5 Å². The number of hydrogen-bond acceptors (Lipinski definition) is 4. The normalized spacial score (nSPS) is 18.7. The summed E-state index contributed by atoms with van der Waals surface area (Å²) in [5, 5.41) is 0. The Kier molecular flexibility index (Phi) is 12.0. The maximum Gasteiger partial charge on any atom is 0.0162 e. The van der Waals surface area contributed by atoms with Gasteiger partial charge in [0, 0.05) is 45.7 Å². The van der Waals surface area contributed by atoms with E-state index in [9.17, 15) is 0 Å². The van der Waals surface area contributed by atoms with Crippen molar-refractivity contribution in [2.75, 3.05) is 26.2 Å². The number of likely N-dealkylation sites (tertiary alicyclic amines) is 2. The van der Waals surface area contributed by atoms with Gasteiger partial charge < -0.3 is 59.5 Å². The zero-order valence-electron chi connectivity index (χ0n) is 11.3. The van der Waals surface area contributed by atoms with Crippen molar-refractivity contribution in [3.8, 4) is 0 Å². The number of piperidine rings is 2. The summed E-state index contributed by atoms with van der Waals surface area (Å²) in [4.78, 5) is 4.21. The maximum atomic E-state index is 4.86. The summed E-state index contributed by atoms with van der Waals surface area (Å²) in [6, 6.07) is 0. The zero-order chi connectivity index (χ0) is 13.4. The second-order valence-electron chi connectivity index (χ2n) is 4.63. The van der Waals surface area contributed by atoms with E-state index in [0.29, 0.717) is 8.64 Å². The molecule has 2 saturated heterocycles. The van der Waals surface area contributed by atoms with Crippen LogP contribution in [0.3, 0.4) is 0 Å². The Labute approximate surface area is 151 Å². The number of rotatable bonds is 0. The Morgan fingerprint density at radius 3 is 1.05 bits per heavy atom. The van der Waals surface area contributed by atoms with E-state index < -0.39 is 0 Å². The maximum absolute atomic E-state index is 4.86. The molecule has 2 heterocycles. The molecule has 0 amide bonds. The van der Waals surface area contributed by atoms with Gasteiger partial charge in [0.15, 0.2) is 0 Å². The molecule has 0 N–H and O–H groups in total. The molecule has 0 aromatic rings. The average molecular weight is 386 g/mol. The summed E-state index contributed by atoms with van der Waals surface area (Å²) in [7, 11) is 0. The van der Waals surface area contributed by atoms with Crippen LogP contribution in [0.1, 0.15) is 38.5 Å². The van der Waals surface area contributed by atoms with Gasteiger partial charge in [0.2, 0.25) is 0 Å². The van der Waals surface area contributed by atoms with Crippen LogP contribution < -0.4 is 0 Å². The molecule has 19 heavy (non-hydrogen) atoms. The minimum atomic E-state index is 0. The Balaban J connectivity index is 0.000000324. The van der Waals surface area contributed by atoms with Crippen LogP contribution in [-0.4, -0.2) is 44.6 Å². The molecule has 0 aromatic heterocycles. The zero-order valence-corrected chi connectivity index (χ0v) is 17.5. The molecule has 2 aliphatic rings. The fraction of sp³-hybridized carbons (Fsp3) is 0.833. The molecule has 2 fully saturated rings. The molecular weight excluding hydrogens is 366 g/mol. The van der Waals surface area contributed by atoms with Gasteiger partial charge in [0.25, 0.3) is 0 Å². The Hall–Kier alpha value is 0.843. The van der Waals surface area contributed by atoms with Crippen molar-refractivity contribution in [3.05, 3.63) is 0 Å². The van der Waals surface area contributed by atoms with Crippen molar-refractivity contribution < 1.29 is 19.5 Å². The van der Waals surface area contributed by atoms with Crippen LogP contribution in [0.4, 0.5) is 0 Å². The van der Waals surface area contributed by atoms with E-state index in [2.05, 4.69) is 9.80 Å². The van der Waals surface area contributed by atoms with Gasteiger partial charge in [-0.25, -0.2) is 0 Å². The third-order valence-electron chi connectivity index (χ3n) is 3.23. The van der Waals surface area contributed by atoms with E-state index in [1.807, 2.05) is 0 Å². The van der Waals surface area contributed by atoms with Crippen molar-refractivity contribution in [1.29, 1.82) is 0 Å². The summed E-state index contributed by atoms with van der Waals surface area (Å²) in [6.07, 6.45) is 7.73. The molecule has 0 saturated carbocycles.